The van der Waals surface area contributed by atoms with E-state index in [9.17, 15) is 4.79 Å². The number of hydrogen-bond acceptors (Lipinski definition) is 5. The second-order valence-corrected chi connectivity index (χ2v) is 5.40. The minimum atomic E-state index is -0.302. The standard InChI is InChI=1S/C13H23N3O2S/c1-5-18-13(17)11-8-15-16(3)12(11)9-14-10(2)6-7-19-4/h8,10,14H,5-7,9H2,1-4H3. The Hall–Kier alpha value is -1.01. The Bertz CT molecular complexity index is 407. The third-order valence-corrected chi connectivity index (χ3v) is 3.57. The van der Waals surface area contributed by atoms with Gasteiger partial charge < -0.3 is 10.1 Å². The minimum Gasteiger partial charge on any atom is -0.462 e. The van der Waals surface area contributed by atoms with Crippen molar-refractivity contribution >= 4 is 17.7 Å². The summed E-state index contributed by atoms with van der Waals surface area (Å²) < 4.78 is 6.75. The number of nitrogens with one attached hydrogen (secondary N) is 1. The molecule has 0 saturated heterocycles. The number of rotatable bonds is 8. The molecule has 0 radical (unpaired) electrons. The Kier molecular flexibility index (Phi) is 6.94. The van der Waals surface area contributed by atoms with Crippen molar-refractivity contribution < 1.29 is 9.53 Å². The Balaban J connectivity index is 2.62. The second-order valence-electron chi connectivity index (χ2n) is 4.41. The summed E-state index contributed by atoms with van der Waals surface area (Å²) in [7, 11) is 1.84. The SMILES string of the molecule is CCOC(=O)c1cnn(C)c1CNC(C)CCSC. The zero-order valence-corrected chi connectivity index (χ0v) is 12.9. The van der Waals surface area contributed by atoms with E-state index in [-0.39, 0.29) is 5.97 Å². The molecule has 1 unspecified atom stereocenters. The van der Waals surface area contributed by atoms with Crippen molar-refractivity contribution in [2.45, 2.75) is 32.9 Å². The number of nitrogens with zero attached hydrogens (tertiary/aromatic N) is 2. The van der Waals surface area contributed by atoms with Crippen LogP contribution < -0.4 is 5.32 Å². The smallest absolute Gasteiger partial charge is 0.341 e. The molecule has 1 N–H and O–H groups in total. The summed E-state index contributed by atoms with van der Waals surface area (Å²) in [6, 6.07) is 0.414. The van der Waals surface area contributed by atoms with Crippen molar-refractivity contribution in [3.8, 4) is 0 Å². The number of thioether (sulfide) groups is 1. The van der Waals surface area contributed by atoms with Crippen molar-refractivity contribution in [3.05, 3.63) is 17.5 Å². The van der Waals surface area contributed by atoms with E-state index in [1.807, 2.05) is 18.8 Å². The van der Waals surface area contributed by atoms with Gasteiger partial charge in [0.25, 0.3) is 0 Å². The van der Waals surface area contributed by atoms with Gasteiger partial charge in [-0.3, -0.25) is 4.68 Å². The summed E-state index contributed by atoms with van der Waals surface area (Å²) in [5, 5.41) is 7.55. The zero-order valence-electron chi connectivity index (χ0n) is 12.1. The van der Waals surface area contributed by atoms with Crippen molar-refractivity contribution in [2.75, 3.05) is 18.6 Å². The summed E-state index contributed by atoms with van der Waals surface area (Å²) in [6.07, 6.45) is 4.78. The van der Waals surface area contributed by atoms with E-state index in [1.54, 1.807) is 17.8 Å². The first-order chi connectivity index (χ1) is 9.10. The van der Waals surface area contributed by atoms with Crippen LogP contribution in [0.15, 0.2) is 6.20 Å². The second kappa shape index (κ2) is 8.22. The summed E-state index contributed by atoms with van der Waals surface area (Å²) in [5.41, 5.74) is 1.42. The Morgan fingerprint density at radius 2 is 2.37 bits per heavy atom. The summed E-state index contributed by atoms with van der Waals surface area (Å²) >= 11 is 1.84. The van der Waals surface area contributed by atoms with Gasteiger partial charge in [0.15, 0.2) is 0 Å². The van der Waals surface area contributed by atoms with E-state index in [4.69, 9.17) is 4.74 Å². The summed E-state index contributed by atoms with van der Waals surface area (Å²) in [4.78, 5) is 11.8. The normalized spacial score (nSPS) is 12.4. The Labute approximate surface area is 119 Å². The van der Waals surface area contributed by atoms with E-state index >= 15 is 0 Å². The van der Waals surface area contributed by atoms with Crippen LogP contribution in [-0.2, 0) is 18.3 Å². The fourth-order valence-corrected chi connectivity index (χ4v) is 2.31. The van der Waals surface area contributed by atoms with Crippen molar-refractivity contribution in [1.82, 2.24) is 15.1 Å². The lowest BCUT2D eigenvalue weighted by molar-refractivity contribution is 0.0524. The first-order valence-electron chi connectivity index (χ1n) is 6.50. The molecular weight excluding hydrogens is 262 g/mol. The lowest BCUT2D eigenvalue weighted by atomic mass is 10.2. The van der Waals surface area contributed by atoms with Gasteiger partial charge in [-0.05, 0) is 32.3 Å². The molecule has 1 rings (SSSR count). The van der Waals surface area contributed by atoms with Crippen LogP contribution in [0.2, 0.25) is 0 Å². The Morgan fingerprint density at radius 1 is 1.63 bits per heavy atom. The van der Waals surface area contributed by atoms with Crippen LogP contribution in [-0.4, -0.2) is 40.4 Å². The zero-order chi connectivity index (χ0) is 14.3. The van der Waals surface area contributed by atoms with Gasteiger partial charge in [-0.2, -0.15) is 16.9 Å². The van der Waals surface area contributed by atoms with Crippen LogP contribution in [0.3, 0.4) is 0 Å². The number of aryl methyl sites for hydroxylation is 1. The highest BCUT2D eigenvalue weighted by Gasteiger charge is 2.17. The quantitative estimate of drug-likeness (QED) is 0.739. The third kappa shape index (κ3) is 4.87. The molecule has 0 bridgehead atoms. The number of hydrogen-bond donors (Lipinski definition) is 1. The summed E-state index contributed by atoms with van der Waals surface area (Å²) in [5.74, 6) is 0.828. The highest BCUT2D eigenvalue weighted by Crippen LogP contribution is 2.10. The van der Waals surface area contributed by atoms with E-state index in [1.165, 1.54) is 0 Å². The van der Waals surface area contributed by atoms with Crippen molar-refractivity contribution in [2.24, 2.45) is 7.05 Å². The molecule has 0 aliphatic heterocycles. The lowest BCUT2D eigenvalue weighted by Gasteiger charge is -2.14. The molecule has 0 aliphatic carbocycles. The van der Waals surface area contributed by atoms with Gasteiger partial charge in [-0.15, -0.1) is 0 Å². The molecule has 0 aromatic carbocycles. The van der Waals surface area contributed by atoms with Gasteiger partial charge in [0.05, 0.1) is 18.5 Å². The maximum atomic E-state index is 11.8. The van der Waals surface area contributed by atoms with Crippen LogP contribution in [0.25, 0.3) is 0 Å². The average molecular weight is 285 g/mol. The molecule has 0 spiro atoms. The first-order valence-corrected chi connectivity index (χ1v) is 7.89. The molecule has 1 aromatic heterocycles. The van der Waals surface area contributed by atoms with E-state index in [0.29, 0.717) is 24.8 Å². The predicted octanol–water partition coefficient (Wildman–Crippen LogP) is 1.83. The van der Waals surface area contributed by atoms with Gasteiger partial charge in [0.1, 0.15) is 5.56 Å². The van der Waals surface area contributed by atoms with Gasteiger partial charge in [-0.25, -0.2) is 4.79 Å². The molecule has 1 heterocycles. The molecule has 0 fully saturated rings. The molecule has 0 aliphatic rings. The van der Waals surface area contributed by atoms with Gasteiger partial charge in [0.2, 0.25) is 0 Å². The topological polar surface area (TPSA) is 56.1 Å². The molecule has 0 saturated carbocycles. The van der Waals surface area contributed by atoms with E-state index in [2.05, 4.69) is 23.6 Å². The monoisotopic (exact) mass is 285 g/mol. The van der Waals surface area contributed by atoms with E-state index < -0.39 is 0 Å². The number of esters is 1. The van der Waals surface area contributed by atoms with Gasteiger partial charge >= 0.3 is 5.97 Å². The van der Waals surface area contributed by atoms with Gasteiger partial charge in [0, 0.05) is 19.6 Å². The summed E-state index contributed by atoms with van der Waals surface area (Å²) in [6.45, 7) is 4.96. The number of aromatic nitrogens is 2. The van der Waals surface area contributed by atoms with Crippen molar-refractivity contribution in [3.63, 3.8) is 0 Å². The third-order valence-electron chi connectivity index (χ3n) is 2.93. The minimum absolute atomic E-state index is 0.302. The highest BCUT2D eigenvalue weighted by molar-refractivity contribution is 7.98. The maximum absolute atomic E-state index is 11.8. The van der Waals surface area contributed by atoms with Crippen LogP contribution in [0.1, 0.15) is 36.3 Å². The molecule has 5 nitrogen and oxygen atoms in total. The highest BCUT2D eigenvalue weighted by atomic mass is 32.2. The molecule has 6 heteroatoms. The molecule has 1 aromatic rings. The molecular formula is C13H23N3O2S. The molecule has 0 amide bonds. The lowest BCUT2D eigenvalue weighted by Crippen LogP contribution is -2.28. The fourth-order valence-electron chi connectivity index (χ4n) is 1.72. The number of carbonyl (C=O) groups is 1. The van der Waals surface area contributed by atoms with Gasteiger partial charge in [-0.1, -0.05) is 0 Å². The molecule has 1 atom stereocenters. The largest absolute Gasteiger partial charge is 0.462 e. The van der Waals surface area contributed by atoms with Crippen LogP contribution in [0, 0.1) is 0 Å². The van der Waals surface area contributed by atoms with Crippen molar-refractivity contribution in [1.29, 1.82) is 0 Å². The molecule has 19 heavy (non-hydrogen) atoms. The van der Waals surface area contributed by atoms with Crippen LogP contribution in [0.4, 0.5) is 0 Å². The van der Waals surface area contributed by atoms with Crippen LogP contribution in [0.5, 0.6) is 0 Å². The fraction of sp³-hybridized carbons (Fsp3) is 0.692. The maximum Gasteiger partial charge on any atom is 0.341 e. The van der Waals surface area contributed by atoms with Crippen LogP contribution >= 0.6 is 11.8 Å². The first kappa shape index (κ1) is 16.0. The number of ether oxygens (including phenoxy) is 1. The number of carbonyl (C=O) groups excluding carboxylic acids is 1. The predicted molar refractivity (Wildman–Crippen MR) is 78.5 cm³/mol. The molecule has 108 valence electrons. The average Bonchev–Trinajstić information content (AvgIpc) is 2.75. The Morgan fingerprint density at radius 3 is 3.00 bits per heavy atom. The van der Waals surface area contributed by atoms with E-state index in [0.717, 1.165) is 17.9 Å².